The minimum Gasteiger partial charge on any atom is -0.382 e. The molecule has 0 aliphatic carbocycles. The van der Waals surface area contributed by atoms with Gasteiger partial charge in [-0.05, 0) is 25.1 Å². The molecule has 0 radical (unpaired) electrons. The lowest BCUT2D eigenvalue weighted by atomic mass is 10.2. The Balaban J connectivity index is 2.09. The van der Waals surface area contributed by atoms with E-state index in [1.54, 1.807) is 19.4 Å². The maximum Gasteiger partial charge on any atom is 0.152 e. The van der Waals surface area contributed by atoms with Gasteiger partial charge in [-0.15, -0.1) is 0 Å². The number of nitrogens with one attached hydrogen (secondary N) is 1. The maximum atomic E-state index is 11.6. The molecule has 1 heterocycles. The lowest BCUT2D eigenvalue weighted by molar-refractivity contribution is 0.593. The summed E-state index contributed by atoms with van der Waals surface area (Å²) in [6.07, 6.45) is 5.31. The Morgan fingerprint density at radius 1 is 1.40 bits per heavy atom. The van der Waals surface area contributed by atoms with Gasteiger partial charge in [0.2, 0.25) is 0 Å². The summed E-state index contributed by atoms with van der Waals surface area (Å²) in [5.74, 6) is 0.312. The summed E-state index contributed by atoms with van der Waals surface area (Å²) in [4.78, 5) is 4.01. The Morgan fingerprint density at radius 3 is 2.85 bits per heavy atom. The molecule has 1 atom stereocenters. The number of hydrogen-bond donors (Lipinski definition) is 1. The van der Waals surface area contributed by atoms with E-state index in [4.69, 9.17) is 0 Å². The molecule has 0 aliphatic heterocycles. The molecule has 0 fully saturated rings. The molecular weight excluding hydrogens is 274 g/mol. The predicted octanol–water partition coefficient (Wildman–Crippen LogP) is 2.11. The summed E-state index contributed by atoms with van der Waals surface area (Å²) < 4.78 is 25.1. The Kier molecular flexibility index (Phi) is 4.44. The fraction of sp³-hybridized carbons (Fsp3) is 0.357. The average Bonchev–Trinajstić information content (AvgIpc) is 2.92. The van der Waals surface area contributed by atoms with Crippen LogP contribution in [0.25, 0.3) is 5.69 Å². The van der Waals surface area contributed by atoms with Gasteiger partial charge in [0.25, 0.3) is 0 Å². The van der Waals surface area contributed by atoms with E-state index < -0.39 is 9.84 Å². The molecule has 20 heavy (non-hydrogen) atoms. The van der Waals surface area contributed by atoms with Gasteiger partial charge in [0.1, 0.15) is 0 Å². The first-order chi connectivity index (χ1) is 9.50. The molecule has 0 spiro atoms. The van der Waals surface area contributed by atoms with Crippen LogP contribution in [0.4, 0.5) is 5.69 Å². The van der Waals surface area contributed by atoms with Gasteiger partial charge in [0.05, 0.1) is 12.1 Å². The molecule has 2 aromatic rings. The topological polar surface area (TPSA) is 64.0 Å². The molecule has 1 aromatic heterocycles. The molecular formula is C14H19N3O2S. The van der Waals surface area contributed by atoms with E-state index in [-0.39, 0.29) is 17.5 Å². The molecule has 1 aromatic carbocycles. The van der Waals surface area contributed by atoms with Crippen LogP contribution < -0.4 is 5.32 Å². The second-order valence-electron chi connectivity index (χ2n) is 4.76. The Hall–Kier alpha value is -1.82. The van der Waals surface area contributed by atoms with Crippen molar-refractivity contribution in [3.63, 3.8) is 0 Å². The summed E-state index contributed by atoms with van der Waals surface area (Å²) in [6, 6.07) is 7.67. The molecule has 0 aliphatic rings. The van der Waals surface area contributed by atoms with Crippen molar-refractivity contribution in [1.29, 1.82) is 0 Å². The zero-order valence-electron chi connectivity index (χ0n) is 11.7. The van der Waals surface area contributed by atoms with Crippen LogP contribution in [0.2, 0.25) is 0 Å². The van der Waals surface area contributed by atoms with Crippen molar-refractivity contribution >= 4 is 15.5 Å². The number of benzene rings is 1. The number of sulfone groups is 1. The lowest BCUT2D eigenvalue weighted by Gasteiger charge is -2.15. The molecule has 5 nitrogen and oxygen atoms in total. The van der Waals surface area contributed by atoms with Crippen LogP contribution in [0.3, 0.4) is 0 Å². The summed E-state index contributed by atoms with van der Waals surface area (Å²) in [5.41, 5.74) is 1.88. The van der Waals surface area contributed by atoms with E-state index in [0.717, 1.165) is 11.4 Å². The first-order valence-corrected chi connectivity index (χ1v) is 8.37. The number of aromatic nitrogens is 2. The monoisotopic (exact) mass is 293 g/mol. The second-order valence-corrected chi connectivity index (χ2v) is 7.16. The summed E-state index contributed by atoms with van der Waals surface area (Å²) in [5, 5.41) is 3.22. The zero-order valence-corrected chi connectivity index (χ0v) is 12.5. The number of imidazole rings is 1. The third-order valence-corrected chi connectivity index (χ3v) is 4.89. The van der Waals surface area contributed by atoms with Crippen LogP contribution in [0, 0.1) is 0 Å². The van der Waals surface area contributed by atoms with Gasteiger partial charge >= 0.3 is 0 Å². The van der Waals surface area contributed by atoms with Gasteiger partial charge in [0.15, 0.2) is 9.84 Å². The number of rotatable bonds is 6. The fourth-order valence-electron chi connectivity index (χ4n) is 1.99. The first kappa shape index (κ1) is 14.6. The molecule has 108 valence electrons. The van der Waals surface area contributed by atoms with Crippen molar-refractivity contribution in [3.05, 3.63) is 43.0 Å². The largest absolute Gasteiger partial charge is 0.382 e. The molecule has 6 heteroatoms. The van der Waals surface area contributed by atoms with Crippen molar-refractivity contribution in [2.45, 2.75) is 19.9 Å². The van der Waals surface area contributed by atoms with E-state index in [2.05, 4.69) is 10.3 Å². The third-order valence-electron chi connectivity index (χ3n) is 3.01. The second kappa shape index (κ2) is 6.09. The normalized spacial score (nSPS) is 13.1. The Morgan fingerprint density at radius 2 is 2.20 bits per heavy atom. The van der Waals surface area contributed by atoms with Gasteiger partial charge in [-0.25, -0.2) is 13.4 Å². The van der Waals surface area contributed by atoms with Gasteiger partial charge in [-0.3, -0.25) is 0 Å². The van der Waals surface area contributed by atoms with E-state index in [0.29, 0.717) is 0 Å². The lowest BCUT2D eigenvalue weighted by Crippen LogP contribution is -2.26. The minimum absolute atomic E-state index is 0.127. The highest BCUT2D eigenvalue weighted by Crippen LogP contribution is 2.15. The van der Waals surface area contributed by atoms with Crippen LogP contribution in [0.1, 0.15) is 13.8 Å². The standard InChI is InChI=1S/C14H19N3O2S/c1-3-20(18,19)10-12(2)16-13-5-4-6-14(9-13)17-8-7-15-11-17/h4-9,11-12,16H,3,10H2,1-2H3. The van der Waals surface area contributed by atoms with Crippen molar-refractivity contribution in [1.82, 2.24) is 9.55 Å². The zero-order chi connectivity index (χ0) is 14.6. The third kappa shape index (κ3) is 3.84. The van der Waals surface area contributed by atoms with E-state index in [9.17, 15) is 8.42 Å². The Labute approximate surface area is 119 Å². The summed E-state index contributed by atoms with van der Waals surface area (Å²) >= 11 is 0. The van der Waals surface area contributed by atoms with Gasteiger partial charge in [0, 0.05) is 35.6 Å². The van der Waals surface area contributed by atoms with Gasteiger partial charge in [-0.2, -0.15) is 0 Å². The molecule has 1 N–H and O–H groups in total. The van der Waals surface area contributed by atoms with Crippen LogP contribution in [0.5, 0.6) is 0 Å². The average molecular weight is 293 g/mol. The van der Waals surface area contributed by atoms with Crippen molar-refractivity contribution in [3.8, 4) is 5.69 Å². The van der Waals surface area contributed by atoms with Crippen molar-refractivity contribution in [2.24, 2.45) is 0 Å². The minimum atomic E-state index is -2.97. The van der Waals surface area contributed by atoms with Crippen molar-refractivity contribution < 1.29 is 8.42 Å². The van der Waals surface area contributed by atoms with Gasteiger partial charge < -0.3 is 9.88 Å². The summed E-state index contributed by atoms with van der Waals surface area (Å²) in [7, 11) is -2.97. The molecule has 0 saturated heterocycles. The van der Waals surface area contributed by atoms with Crippen LogP contribution in [-0.4, -0.2) is 35.5 Å². The number of hydrogen-bond acceptors (Lipinski definition) is 4. The fourth-order valence-corrected chi connectivity index (χ4v) is 3.07. The van der Waals surface area contributed by atoms with E-state index >= 15 is 0 Å². The van der Waals surface area contributed by atoms with Gasteiger partial charge in [-0.1, -0.05) is 13.0 Å². The molecule has 0 bridgehead atoms. The molecule has 2 rings (SSSR count). The number of nitrogens with zero attached hydrogens (tertiary/aromatic N) is 2. The maximum absolute atomic E-state index is 11.6. The SMILES string of the molecule is CCS(=O)(=O)CC(C)Nc1cccc(-n2ccnc2)c1. The molecule has 1 unspecified atom stereocenters. The highest BCUT2D eigenvalue weighted by molar-refractivity contribution is 7.91. The van der Waals surface area contributed by atoms with Crippen LogP contribution in [-0.2, 0) is 9.84 Å². The van der Waals surface area contributed by atoms with Crippen LogP contribution in [0.15, 0.2) is 43.0 Å². The van der Waals surface area contributed by atoms with E-state index in [1.165, 1.54) is 0 Å². The predicted molar refractivity (Wildman–Crippen MR) is 81.0 cm³/mol. The number of anilines is 1. The Bertz CT molecular complexity index is 651. The van der Waals surface area contributed by atoms with Crippen molar-refractivity contribution in [2.75, 3.05) is 16.8 Å². The highest BCUT2D eigenvalue weighted by Gasteiger charge is 2.13. The smallest absolute Gasteiger partial charge is 0.152 e. The molecule has 0 saturated carbocycles. The molecule has 0 amide bonds. The van der Waals surface area contributed by atoms with E-state index in [1.807, 2.05) is 42.0 Å². The quantitative estimate of drug-likeness (QED) is 0.886. The van der Waals surface area contributed by atoms with Crippen LogP contribution >= 0.6 is 0 Å². The summed E-state index contributed by atoms with van der Waals surface area (Å²) in [6.45, 7) is 3.54. The first-order valence-electron chi connectivity index (χ1n) is 6.55. The highest BCUT2D eigenvalue weighted by atomic mass is 32.2.